The van der Waals surface area contributed by atoms with Crippen LogP contribution in [0.5, 0.6) is 0 Å². The third kappa shape index (κ3) is 5.19. The molecule has 0 aliphatic rings. The van der Waals surface area contributed by atoms with E-state index in [9.17, 15) is 9.59 Å². The Morgan fingerprint density at radius 2 is 1.66 bits per heavy atom. The van der Waals surface area contributed by atoms with Crippen LogP contribution in [0.3, 0.4) is 0 Å². The number of nitrogens with zero attached hydrogens (tertiary/aromatic N) is 2. The summed E-state index contributed by atoms with van der Waals surface area (Å²) in [4.78, 5) is 30.2. The highest BCUT2D eigenvalue weighted by Crippen LogP contribution is 2.24. The SMILES string of the molecule is CCN(c1cccc(C)c1)c1ccc(C(=O)Nc2ccc(NC(C)=O)cc2)cn1. The third-order valence-corrected chi connectivity index (χ3v) is 4.38. The summed E-state index contributed by atoms with van der Waals surface area (Å²) in [6, 6.07) is 18.8. The molecule has 0 atom stereocenters. The van der Waals surface area contributed by atoms with Crippen molar-refractivity contribution >= 4 is 34.7 Å². The molecule has 2 N–H and O–H groups in total. The lowest BCUT2D eigenvalue weighted by atomic mass is 10.2. The number of aromatic nitrogens is 1. The monoisotopic (exact) mass is 388 g/mol. The Hall–Kier alpha value is -3.67. The van der Waals surface area contributed by atoms with Crippen LogP contribution in [-0.2, 0) is 4.79 Å². The summed E-state index contributed by atoms with van der Waals surface area (Å²) in [6.45, 7) is 6.34. The van der Waals surface area contributed by atoms with Gasteiger partial charge in [-0.15, -0.1) is 0 Å². The number of benzene rings is 2. The minimum Gasteiger partial charge on any atom is -0.327 e. The van der Waals surface area contributed by atoms with Gasteiger partial charge in [0.15, 0.2) is 0 Å². The van der Waals surface area contributed by atoms with Gasteiger partial charge in [-0.25, -0.2) is 4.98 Å². The zero-order chi connectivity index (χ0) is 20.8. The van der Waals surface area contributed by atoms with E-state index in [1.54, 1.807) is 36.5 Å². The predicted molar refractivity (Wildman–Crippen MR) is 117 cm³/mol. The molecule has 148 valence electrons. The van der Waals surface area contributed by atoms with Crippen molar-refractivity contribution in [3.05, 3.63) is 78.0 Å². The number of hydrogen-bond donors (Lipinski definition) is 2. The van der Waals surface area contributed by atoms with Gasteiger partial charge in [-0.1, -0.05) is 12.1 Å². The van der Waals surface area contributed by atoms with Crippen LogP contribution >= 0.6 is 0 Å². The Morgan fingerprint density at radius 1 is 0.966 bits per heavy atom. The number of nitrogens with one attached hydrogen (secondary N) is 2. The van der Waals surface area contributed by atoms with E-state index in [4.69, 9.17) is 0 Å². The lowest BCUT2D eigenvalue weighted by Gasteiger charge is -2.22. The van der Waals surface area contributed by atoms with Crippen molar-refractivity contribution in [2.24, 2.45) is 0 Å². The van der Waals surface area contributed by atoms with Crippen LogP contribution in [0, 0.1) is 6.92 Å². The maximum Gasteiger partial charge on any atom is 0.257 e. The minimum absolute atomic E-state index is 0.139. The number of aryl methyl sites for hydroxylation is 1. The van der Waals surface area contributed by atoms with E-state index >= 15 is 0 Å². The van der Waals surface area contributed by atoms with Gasteiger partial charge in [-0.3, -0.25) is 9.59 Å². The molecule has 0 bridgehead atoms. The van der Waals surface area contributed by atoms with Crippen LogP contribution < -0.4 is 15.5 Å². The molecule has 1 heterocycles. The van der Waals surface area contributed by atoms with Gasteiger partial charge in [-0.2, -0.15) is 0 Å². The van der Waals surface area contributed by atoms with Crippen LogP contribution in [0.25, 0.3) is 0 Å². The molecule has 0 aliphatic carbocycles. The van der Waals surface area contributed by atoms with Crippen molar-refractivity contribution in [2.45, 2.75) is 20.8 Å². The molecule has 6 heteroatoms. The minimum atomic E-state index is -0.241. The van der Waals surface area contributed by atoms with E-state index in [0.29, 0.717) is 16.9 Å². The molecular weight excluding hydrogens is 364 g/mol. The lowest BCUT2D eigenvalue weighted by molar-refractivity contribution is -0.114. The summed E-state index contributed by atoms with van der Waals surface area (Å²) in [5.74, 6) is 0.406. The fraction of sp³-hybridized carbons (Fsp3) is 0.174. The molecule has 2 aromatic carbocycles. The molecule has 29 heavy (non-hydrogen) atoms. The molecule has 3 rings (SSSR count). The standard InChI is InChI=1S/C23H24N4O2/c1-4-27(21-7-5-6-16(2)14-21)22-13-8-18(15-24-22)23(29)26-20-11-9-19(10-12-20)25-17(3)28/h5-15H,4H2,1-3H3,(H,25,28)(H,26,29). The number of carbonyl (C=O) groups is 2. The quantitative estimate of drug-likeness (QED) is 0.638. The molecule has 0 aliphatic heterocycles. The van der Waals surface area contributed by atoms with Gasteiger partial charge >= 0.3 is 0 Å². The summed E-state index contributed by atoms with van der Waals surface area (Å²) in [5, 5.41) is 5.53. The summed E-state index contributed by atoms with van der Waals surface area (Å²) < 4.78 is 0. The molecule has 0 unspecified atom stereocenters. The Kier molecular flexibility index (Phi) is 6.24. The summed E-state index contributed by atoms with van der Waals surface area (Å²) >= 11 is 0. The molecular formula is C23H24N4O2. The Bertz CT molecular complexity index is 998. The van der Waals surface area contributed by atoms with Crippen LogP contribution in [0.4, 0.5) is 22.9 Å². The second-order valence-corrected chi connectivity index (χ2v) is 6.70. The molecule has 0 saturated heterocycles. The highest BCUT2D eigenvalue weighted by atomic mass is 16.2. The van der Waals surface area contributed by atoms with Crippen LogP contribution in [0.1, 0.15) is 29.8 Å². The number of carbonyl (C=O) groups excluding carboxylic acids is 2. The Balaban J connectivity index is 1.70. The third-order valence-electron chi connectivity index (χ3n) is 4.38. The van der Waals surface area contributed by atoms with Crippen molar-refractivity contribution in [1.82, 2.24) is 4.98 Å². The van der Waals surface area contributed by atoms with Crippen LogP contribution in [0.15, 0.2) is 66.9 Å². The van der Waals surface area contributed by atoms with Crippen LogP contribution in [0.2, 0.25) is 0 Å². The van der Waals surface area contributed by atoms with E-state index in [1.807, 2.05) is 18.2 Å². The van der Waals surface area contributed by atoms with E-state index in [0.717, 1.165) is 18.1 Å². The van der Waals surface area contributed by atoms with Gasteiger partial charge in [0.05, 0.1) is 5.56 Å². The average Bonchev–Trinajstić information content (AvgIpc) is 2.70. The average molecular weight is 388 g/mol. The van der Waals surface area contributed by atoms with E-state index in [2.05, 4.69) is 46.5 Å². The van der Waals surface area contributed by atoms with E-state index in [1.165, 1.54) is 12.5 Å². The smallest absolute Gasteiger partial charge is 0.257 e. The first-order valence-electron chi connectivity index (χ1n) is 9.45. The first kappa shape index (κ1) is 20.1. The number of hydrogen-bond acceptors (Lipinski definition) is 4. The van der Waals surface area contributed by atoms with E-state index in [-0.39, 0.29) is 11.8 Å². The summed E-state index contributed by atoms with van der Waals surface area (Å²) in [7, 11) is 0. The fourth-order valence-corrected chi connectivity index (χ4v) is 3.00. The number of pyridine rings is 1. The van der Waals surface area contributed by atoms with Crippen molar-refractivity contribution in [3.63, 3.8) is 0 Å². The maximum atomic E-state index is 12.5. The fourth-order valence-electron chi connectivity index (χ4n) is 3.00. The highest BCUT2D eigenvalue weighted by Gasteiger charge is 2.11. The molecule has 2 amide bonds. The van der Waals surface area contributed by atoms with Gasteiger partial charge in [0, 0.05) is 36.7 Å². The predicted octanol–water partition coefficient (Wildman–Crippen LogP) is 4.76. The molecule has 0 spiro atoms. The van der Waals surface area contributed by atoms with Crippen molar-refractivity contribution < 1.29 is 9.59 Å². The second kappa shape index (κ2) is 9.01. The van der Waals surface area contributed by atoms with Crippen LogP contribution in [-0.4, -0.2) is 23.3 Å². The normalized spacial score (nSPS) is 10.3. The van der Waals surface area contributed by atoms with Gasteiger partial charge in [0.2, 0.25) is 5.91 Å². The first-order chi connectivity index (χ1) is 14.0. The molecule has 3 aromatic rings. The molecule has 6 nitrogen and oxygen atoms in total. The lowest BCUT2D eigenvalue weighted by Crippen LogP contribution is -2.18. The second-order valence-electron chi connectivity index (χ2n) is 6.70. The molecule has 1 aromatic heterocycles. The largest absolute Gasteiger partial charge is 0.327 e. The first-order valence-corrected chi connectivity index (χ1v) is 9.45. The van der Waals surface area contributed by atoms with E-state index < -0.39 is 0 Å². The summed E-state index contributed by atoms with van der Waals surface area (Å²) in [6.07, 6.45) is 1.58. The maximum absolute atomic E-state index is 12.5. The Morgan fingerprint density at radius 3 is 2.21 bits per heavy atom. The van der Waals surface area contributed by atoms with Crippen molar-refractivity contribution in [3.8, 4) is 0 Å². The summed E-state index contributed by atoms with van der Waals surface area (Å²) in [5.41, 5.74) is 4.04. The number of rotatable bonds is 6. The van der Waals surface area contributed by atoms with Gasteiger partial charge < -0.3 is 15.5 Å². The number of amides is 2. The number of anilines is 4. The highest BCUT2D eigenvalue weighted by molar-refractivity contribution is 6.04. The molecule has 0 fully saturated rings. The Labute approximate surface area is 170 Å². The van der Waals surface area contributed by atoms with Gasteiger partial charge in [0.1, 0.15) is 5.82 Å². The molecule has 0 saturated carbocycles. The topological polar surface area (TPSA) is 74.3 Å². The van der Waals surface area contributed by atoms with Crippen molar-refractivity contribution in [1.29, 1.82) is 0 Å². The molecule has 0 radical (unpaired) electrons. The van der Waals surface area contributed by atoms with Gasteiger partial charge in [-0.05, 0) is 67.9 Å². The van der Waals surface area contributed by atoms with Crippen molar-refractivity contribution in [2.75, 3.05) is 22.1 Å². The van der Waals surface area contributed by atoms with Gasteiger partial charge in [0.25, 0.3) is 5.91 Å². The zero-order valence-electron chi connectivity index (χ0n) is 16.8. The zero-order valence-corrected chi connectivity index (χ0v) is 16.8.